The fraction of sp³-hybridized carbons (Fsp3) is 0.261. The summed E-state index contributed by atoms with van der Waals surface area (Å²) < 4.78 is 6.14. The van der Waals surface area contributed by atoms with Crippen LogP contribution in [-0.4, -0.2) is 13.1 Å². The Morgan fingerprint density at radius 1 is 0.846 bits per heavy atom. The van der Waals surface area contributed by atoms with Crippen molar-refractivity contribution in [2.45, 2.75) is 39.4 Å². The second-order valence-electron chi connectivity index (χ2n) is 8.40. The molecular weight excluding hydrogens is 334 g/mol. The second kappa shape index (κ2) is 6.10. The van der Waals surface area contributed by atoms with E-state index in [-0.39, 0.29) is 0 Å². The van der Waals surface area contributed by atoms with Crippen molar-refractivity contribution in [3.05, 3.63) is 60.3 Å². The summed E-state index contributed by atoms with van der Waals surface area (Å²) >= 11 is 0. The van der Waals surface area contributed by atoms with Crippen molar-refractivity contribution >= 4 is 35.2 Å². The van der Waals surface area contributed by atoms with Gasteiger partial charge in [-0.05, 0) is 47.9 Å². The zero-order valence-electron chi connectivity index (χ0n) is 16.1. The number of furan rings is 1. The first-order valence-electron chi connectivity index (χ1n) is 9.26. The van der Waals surface area contributed by atoms with Gasteiger partial charge in [-0.2, -0.15) is 0 Å². The SMILES string of the molecule is CC(C)c1ccnc(-c2ccc3oc4cc([Si](C)(C)C)ccc4c3c2)c1. The number of hydrogen-bond donors (Lipinski definition) is 0. The zero-order chi connectivity index (χ0) is 18.5. The highest BCUT2D eigenvalue weighted by molar-refractivity contribution is 6.88. The van der Waals surface area contributed by atoms with Crippen molar-refractivity contribution in [3.8, 4) is 11.3 Å². The normalized spacial score (nSPS) is 12.4. The van der Waals surface area contributed by atoms with Gasteiger partial charge in [0.2, 0.25) is 0 Å². The molecule has 0 saturated heterocycles. The molecule has 0 aliphatic rings. The molecule has 0 radical (unpaired) electrons. The molecule has 0 fully saturated rings. The predicted molar refractivity (Wildman–Crippen MR) is 114 cm³/mol. The lowest BCUT2D eigenvalue weighted by Gasteiger charge is -2.15. The fourth-order valence-corrected chi connectivity index (χ4v) is 4.51. The number of hydrogen-bond acceptors (Lipinski definition) is 2. The third-order valence-corrected chi connectivity index (χ3v) is 7.13. The van der Waals surface area contributed by atoms with E-state index < -0.39 is 8.07 Å². The van der Waals surface area contributed by atoms with Crippen LogP contribution >= 0.6 is 0 Å². The molecule has 2 nitrogen and oxygen atoms in total. The van der Waals surface area contributed by atoms with Crippen molar-refractivity contribution in [2.75, 3.05) is 0 Å². The van der Waals surface area contributed by atoms with Gasteiger partial charge < -0.3 is 4.42 Å². The predicted octanol–water partition coefficient (Wildman–Crippen LogP) is 6.32. The van der Waals surface area contributed by atoms with Crippen LogP contribution in [0.3, 0.4) is 0 Å². The summed E-state index contributed by atoms with van der Waals surface area (Å²) in [6.45, 7) is 11.5. The molecule has 4 rings (SSSR count). The summed E-state index contributed by atoms with van der Waals surface area (Å²) in [6.07, 6.45) is 1.91. The number of rotatable bonds is 3. The van der Waals surface area contributed by atoms with Crippen LogP contribution in [0, 0.1) is 0 Å². The first kappa shape index (κ1) is 17.0. The Hall–Kier alpha value is -2.39. The first-order chi connectivity index (χ1) is 12.3. The molecule has 0 aliphatic heterocycles. The number of pyridine rings is 1. The molecule has 2 aromatic carbocycles. The summed E-state index contributed by atoms with van der Waals surface area (Å²) in [5.74, 6) is 0.496. The van der Waals surface area contributed by atoms with Crippen LogP contribution < -0.4 is 5.19 Å². The molecule has 2 heterocycles. The maximum Gasteiger partial charge on any atom is 0.135 e. The molecule has 0 saturated carbocycles. The monoisotopic (exact) mass is 359 g/mol. The van der Waals surface area contributed by atoms with Crippen LogP contribution in [0.25, 0.3) is 33.2 Å². The molecule has 0 amide bonds. The molecule has 132 valence electrons. The Kier molecular flexibility index (Phi) is 4.00. The first-order valence-corrected chi connectivity index (χ1v) is 12.8. The quantitative estimate of drug-likeness (QED) is 0.400. The van der Waals surface area contributed by atoms with Crippen LogP contribution in [0.4, 0.5) is 0 Å². The standard InChI is InChI=1S/C23H25NOSi/c1-15(2)16-10-11-24-21(13-16)17-6-9-22-20(12-17)19-8-7-18(26(3,4)5)14-23(19)25-22/h6-15H,1-5H3. The van der Waals surface area contributed by atoms with E-state index in [0.717, 1.165) is 27.8 Å². The van der Waals surface area contributed by atoms with Crippen molar-refractivity contribution in [1.29, 1.82) is 0 Å². The maximum atomic E-state index is 6.14. The minimum Gasteiger partial charge on any atom is -0.456 e. The molecule has 3 heteroatoms. The maximum absolute atomic E-state index is 6.14. The molecule has 0 N–H and O–H groups in total. The number of benzene rings is 2. The molecule has 0 aliphatic carbocycles. The third-order valence-electron chi connectivity index (χ3n) is 5.08. The Morgan fingerprint density at radius 2 is 1.65 bits per heavy atom. The molecule has 0 unspecified atom stereocenters. The summed E-state index contributed by atoms with van der Waals surface area (Å²) in [6, 6.07) is 17.4. The van der Waals surface area contributed by atoms with Gasteiger partial charge >= 0.3 is 0 Å². The van der Waals surface area contributed by atoms with E-state index >= 15 is 0 Å². The van der Waals surface area contributed by atoms with Gasteiger partial charge in [-0.3, -0.25) is 4.98 Å². The van der Waals surface area contributed by atoms with Crippen LogP contribution in [0.15, 0.2) is 59.1 Å². The van der Waals surface area contributed by atoms with E-state index in [1.807, 2.05) is 6.20 Å². The van der Waals surface area contributed by atoms with Crippen LogP contribution in [0.2, 0.25) is 19.6 Å². The lowest BCUT2D eigenvalue weighted by Crippen LogP contribution is -2.37. The smallest absolute Gasteiger partial charge is 0.135 e. The molecule has 4 aromatic rings. The Balaban J connectivity index is 1.87. The molecule has 0 spiro atoms. The van der Waals surface area contributed by atoms with Crippen LogP contribution in [0.1, 0.15) is 25.3 Å². The summed E-state index contributed by atoms with van der Waals surface area (Å²) in [5, 5.41) is 3.77. The molecule has 26 heavy (non-hydrogen) atoms. The topological polar surface area (TPSA) is 26.0 Å². The Morgan fingerprint density at radius 3 is 2.38 bits per heavy atom. The lowest BCUT2D eigenvalue weighted by molar-refractivity contribution is 0.669. The van der Waals surface area contributed by atoms with Gasteiger partial charge in [-0.15, -0.1) is 0 Å². The average Bonchev–Trinajstić information content (AvgIpc) is 2.98. The summed E-state index contributed by atoms with van der Waals surface area (Å²) in [7, 11) is -1.35. The third kappa shape index (κ3) is 2.97. The number of aromatic nitrogens is 1. The van der Waals surface area contributed by atoms with Crippen LogP contribution in [0.5, 0.6) is 0 Å². The van der Waals surface area contributed by atoms with E-state index in [4.69, 9.17) is 4.42 Å². The molecule has 0 bridgehead atoms. The molecule has 2 aromatic heterocycles. The minimum absolute atomic E-state index is 0.496. The Labute approximate surface area is 155 Å². The average molecular weight is 360 g/mol. The highest BCUT2D eigenvalue weighted by Crippen LogP contribution is 2.32. The van der Waals surface area contributed by atoms with Gasteiger partial charge in [0, 0.05) is 22.5 Å². The van der Waals surface area contributed by atoms with E-state index in [9.17, 15) is 0 Å². The minimum atomic E-state index is -1.35. The number of fused-ring (bicyclic) bond motifs is 3. The second-order valence-corrected chi connectivity index (χ2v) is 13.5. The highest BCUT2D eigenvalue weighted by Gasteiger charge is 2.18. The molecule has 0 atom stereocenters. The highest BCUT2D eigenvalue weighted by atomic mass is 28.3. The van der Waals surface area contributed by atoms with E-state index in [1.165, 1.54) is 16.1 Å². The zero-order valence-corrected chi connectivity index (χ0v) is 17.1. The summed E-state index contributed by atoms with van der Waals surface area (Å²) in [4.78, 5) is 4.58. The lowest BCUT2D eigenvalue weighted by atomic mass is 10.0. The van der Waals surface area contributed by atoms with Gasteiger partial charge in [-0.1, -0.05) is 50.8 Å². The largest absolute Gasteiger partial charge is 0.456 e. The summed E-state index contributed by atoms with van der Waals surface area (Å²) in [5.41, 5.74) is 5.40. The van der Waals surface area contributed by atoms with Crippen LogP contribution in [-0.2, 0) is 0 Å². The van der Waals surface area contributed by atoms with E-state index in [1.54, 1.807) is 0 Å². The van der Waals surface area contributed by atoms with E-state index in [2.05, 4.69) is 87.0 Å². The van der Waals surface area contributed by atoms with E-state index in [0.29, 0.717) is 5.92 Å². The Bertz CT molecular complexity index is 1100. The van der Waals surface area contributed by atoms with Crippen molar-refractivity contribution < 1.29 is 4.42 Å². The van der Waals surface area contributed by atoms with Gasteiger partial charge in [0.05, 0.1) is 13.8 Å². The van der Waals surface area contributed by atoms with Gasteiger partial charge in [0.1, 0.15) is 11.2 Å². The van der Waals surface area contributed by atoms with Crippen molar-refractivity contribution in [2.24, 2.45) is 0 Å². The van der Waals surface area contributed by atoms with Gasteiger partial charge in [0.15, 0.2) is 0 Å². The van der Waals surface area contributed by atoms with Crippen molar-refractivity contribution in [3.63, 3.8) is 0 Å². The van der Waals surface area contributed by atoms with Gasteiger partial charge in [0.25, 0.3) is 0 Å². The fourth-order valence-electron chi connectivity index (χ4n) is 3.37. The van der Waals surface area contributed by atoms with Gasteiger partial charge in [-0.25, -0.2) is 0 Å². The molecular formula is C23H25NOSi. The van der Waals surface area contributed by atoms with Crippen molar-refractivity contribution in [1.82, 2.24) is 4.98 Å². The number of nitrogens with zero attached hydrogens (tertiary/aromatic N) is 1.